The molecule has 174 valence electrons. The third-order valence-corrected chi connectivity index (χ3v) is 5.78. The molecule has 1 saturated carbocycles. The zero-order valence-corrected chi connectivity index (χ0v) is 19.1. The van der Waals surface area contributed by atoms with Gasteiger partial charge in [0, 0.05) is 25.1 Å². The summed E-state index contributed by atoms with van der Waals surface area (Å²) in [7, 11) is 0. The van der Waals surface area contributed by atoms with Gasteiger partial charge in [-0.1, -0.05) is 25.3 Å². The molecule has 1 aliphatic heterocycles. The molecule has 1 N–H and O–H groups in total. The number of nitrogens with zero attached hydrogens (tertiary/aromatic N) is 3. The van der Waals surface area contributed by atoms with E-state index in [1.165, 1.54) is 17.4 Å². The van der Waals surface area contributed by atoms with Gasteiger partial charge in [0.25, 0.3) is 0 Å². The number of ether oxygens (including phenoxy) is 1. The zero-order chi connectivity index (χ0) is 23.3. The maximum atomic E-state index is 13.2. The van der Waals surface area contributed by atoms with E-state index in [1.54, 1.807) is 39.0 Å². The normalized spacial score (nSPS) is 19.8. The highest BCUT2D eigenvalue weighted by Crippen LogP contribution is 2.29. The summed E-state index contributed by atoms with van der Waals surface area (Å²) in [4.78, 5) is 44.9. The van der Waals surface area contributed by atoms with Crippen LogP contribution in [-0.4, -0.2) is 57.7 Å². The number of carbonyl (C=O) groups is 3. The van der Waals surface area contributed by atoms with Crippen molar-refractivity contribution in [2.75, 3.05) is 18.0 Å². The quantitative estimate of drug-likeness (QED) is 0.688. The van der Waals surface area contributed by atoms with E-state index in [9.17, 15) is 14.4 Å². The highest BCUT2D eigenvalue weighted by molar-refractivity contribution is 5.89. The molecule has 0 unspecified atom stereocenters. The topological polar surface area (TPSA) is 100 Å². The molecule has 0 bridgehead atoms. The van der Waals surface area contributed by atoms with Crippen molar-refractivity contribution in [3.63, 3.8) is 0 Å². The fourth-order valence-electron chi connectivity index (χ4n) is 4.32. The minimum atomic E-state index is -1.08. The van der Waals surface area contributed by atoms with Crippen molar-refractivity contribution >= 4 is 29.9 Å². The molecule has 1 aromatic rings. The summed E-state index contributed by atoms with van der Waals surface area (Å²) < 4.78 is 5.65. The van der Waals surface area contributed by atoms with Gasteiger partial charge in [0.05, 0.1) is 11.7 Å². The van der Waals surface area contributed by atoms with Crippen molar-refractivity contribution in [3.05, 3.63) is 30.0 Å². The lowest BCUT2D eigenvalue weighted by atomic mass is 9.88. The van der Waals surface area contributed by atoms with Crippen molar-refractivity contribution in [3.8, 4) is 0 Å². The van der Waals surface area contributed by atoms with Gasteiger partial charge in [-0.15, -0.1) is 0 Å². The van der Waals surface area contributed by atoms with Crippen LogP contribution in [-0.2, 0) is 14.3 Å². The Bertz CT molecular complexity index is 871. The van der Waals surface area contributed by atoms with Gasteiger partial charge in [0.2, 0.25) is 5.91 Å². The van der Waals surface area contributed by atoms with Crippen molar-refractivity contribution in [2.45, 2.75) is 70.9 Å². The molecule has 1 saturated heterocycles. The highest BCUT2D eigenvalue weighted by Gasteiger charge is 2.38. The summed E-state index contributed by atoms with van der Waals surface area (Å²) in [5.41, 5.74) is -0.265. The van der Waals surface area contributed by atoms with Gasteiger partial charge < -0.3 is 14.7 Å². The molecule has 0 aromatic carbocycles. The Morgan fingerprint density at radius 3 is 2.53 bits per heavy atom. The number of hydrogen-bond acceptors (Lipinski definition) is 5. The molecule has 1 aliphatic carbocycles. The minimum absolute atomic E-state index is 0.0834. The van der Waals surface area contributed by atoms with Crippen LogP contribution in [0.25, 0.3) is 6.08 Å². The fourth-order valence-corrected chi connectivity index (χ4v) is 4.32. The summed E-state index contributed by atoms with van der Waals surface area (Å²) in [5, 5.41) is 8.89. The van der Waals surface area contributed by atoms with E-state index in [0.717, 1.165) is 31.8 Å². The van der Waals surface area contributed by atoms with E-state index in [4.69, 9.17) is 9.84 Å². The molecule has 1 atom stereocenters. The first-order valence-corrected chi connectivity index (χ1v) is 11.3. The molecule has 2 fully saturated rings. The third kappa shape index (κ3) is 6.31. The smallest absolute Gasteiger partial charge is 0.416 e. The molecular formula is C24H33N3O5. The van der Waals surface area contributed by atoms with Crippen molar-refractivity contribution in [2.24, 2.45) is 5.92 Å². The van der Waals surface area contributed by atoms with Crippen LogP contribution in [0.1, 0.15) is 65.0 Å². The Kier molecular flexibility index (Phi) is 7.53. The van der Waals surface area contributed by atoms with Crippen LogP contribution in [0.4, 0.5) is 10.6 Å². The van der Waals surface area contributed by atoms with Crippen molar-refractivity contribution in [1.29, 1.82) is 0 Å². The number of aliphatic carboxylic acids is 1. The maximum absolute atomic E-state index is 13.2. The maximum Gasteiger partial charge on any atom is 0.416 e. The molecule has 32 heavy (non-hydrogen) atoms. The first kappa shape index (κ1) is 23.8. The number of aromatic nitrogens is 1. The molecule has 2 heterocycles. The van der Waals surface area contributed by atoms with Gasteiger partial charge in [0.1, 0.15) is 11.4 Å². The second kappa shape index (κ2) is 10.1. The Morgan fingerprint density at radius 2 is 1.88 bits per heavy atom. The number of likely N-dealkylation sites (tertiary alicyclic amines) is 1. The van der Waals surface area contributed by atoms with E-state index in [0.29, 0.717) is 31.0 Å². The molecule has 8 heteroatoms. The number of carboxylic acids is 1. The summed E-state index contributed by atoms with van der Waals surface area (Å²) >= 11 is 0. The van der Waals surface area contributed by atoms with Gasteiger partial charge in [-0.3, -0.25) is 9.69 Å². The van der Waals surface area contributed by atoms with E-state index < -0.39 is 17.7 Å². The molecule has 2 amide bonds. The number of pyridine rings is 1. The predicted molar refractivity (Wildman–Crippen MR) is 121 cm³/mol. The van der Waals surface area contributed by atoms with Gasteiger partial charge in [-0.25, -0.2) is 14.6 Å². The highest BCUT2D eigenvalue weighted by atomic mass is 16.6. The second-order valence-electron chi connectivity index (χ2n) is 9.50. The monoisotopic (exact) mass is 443 g/mol. The van der Waals surface area contributed by atoms with Crippen molar-refractivity contribution in [1.82, 2.24) is 9.88 Å². The number of rotatable bonds is 5. The zero-order valence-electron chi connectivity index (χ0n) is 19.1. The van der Waals surface area contributed by atoms with Gasteiger partial charge in [0.15, 0.2) is 0 Å². The number of carbonyl (C=O) groups excluding carboxylic acids is 2. The number of anilines is 1. The van der Waals surface area contributed by atoms with Crippen LogP contribution in [0, 0.1) is 5.92 Å². The first-order chi connectivity index (χ1) is 15.1. The molecule has 3 rings (SSSR count). The first-order valence-electron chi connectivity index (χ1n) is 11.3. The number of carboxylic acid groups (broad SMARTS) is 1. The summed E-state index contributed by atoms with van der Waals surface area (Å²) in [6.07, 6.45) is 7.75. The lowest BCUT2D eigenvalue weighted by Gasteiger charge is -2.31. The summed E-state index contributed by atoms with van der Waals surface area (Å²) in [6.45, 7) is 6.44. The Morgan fingerprint density at radius 1 is 1.16 bits per heavy atom. The summed E-state index contributed by atoms with van der Waals surface area (Å²) in [6, 6.07) is 4.84. The average Bonchev–Trinajstić information content (AvgIpc) is 3.21. The van der Waals surface area contributed by atoms with Crippen LogP contribution in [0.2, 0.25) is 0 Å². The van der Waals surface area contributed by atoms with Crippen molar-refractivity contribution < 1.29 is 24.2 Å². The average molecular weight is 444 g/mol. The molecular weight excluding hydrogens is 410 g/mol. The molecule has 0 spiro atoms. The Labute approximate surface area is 189 Å². The number of amides is 2. The lowest BCUT2D eigenvalue weighted by molar-refractivity contribution is -0.135. The van der Waals surface area contributed by atoms with Gasteiger partial charge in [-0.2, -0.15) is 0 Å². The van der Waals surface area contributed by atoms with Crippen LogP contribution in [0.5, 0.6) is 0 Å². The Hall–Kier alpha value is -2.90. The van der Waals surface area contributed by atoms with Gasteiger partial charge in [-0.05, 0) is 58.2 Å². The van der Waals surface area contributed by atoms with Crippen LogP contribution in [0.15, 0.2) is 24.3 Å². The molecule has 1 aromatic heterocycles. The molecule has 2 aliphatic rings. The van der Waals surface area contributed by atoms with E-state index in [1.807, 2.05) is 4.90 Å². The Balaban J connectivity index is 1.82. The largest absolute Gasteiger partial charge is 0.478 e. The van der Waals surface area contributed by atoms with Crippen LogP contribution >= 0.6 is 0 Å². The van der Waals surface area contributed by atoms with E-state index >= 15 is 0 Å². The molecule has 0 radical (unpaired) electrons. The predicted octanol–water partition coefficient (Wildman–Crippen LogP) is 4.10. The molecule has 8 nitrogen and oxygen atoms in total. The summed E-state index contributed by atoms with van der Waals surface area (Å²) in [5.74, 6) is -0.430. The minimum Gasteiger partial charge on any atom is -0.478 e. The standard InChI is InChI=1S/C24H33N3O5/c1-24(2,3)32-23(31)27(20-11-7-10-18(25-20)12-13-21(28)29)19-14-15-26(16-19)22(30)17-8-5-4-6-9-17/h7,10-13,17,19H,4-6,8-9,14-16H2,1-3H3,(H,28,29)/t19-/m1/s1. The van der Waals surface area contributed by atoms with Crippen LogP contribution in [0.3, 0.4) is 0 Å². The van der Waals surface area contributed by atoms with Crippen LogP contribution < -0.4 is 4.90 Å². The van der Waals surface area contributed by atoms with E-state index in [-0.39, 0.29) is 17.9 Å². The fraction of sp³-hybridized carbons (Fsp3) is 0.583. The SMILES string of the molecule is CC(C)(C)OC(=O)N(c1cccc(C=CC(=O)O)n1)[C@@H]1CCN(C(=O)C2CCCCC2)C1. The third-order valence-electron chi connectivity index (χ3n) is 5.78. The van der Waals surface area contributed by atoms with E-state index in [2.05, 4.69) is 4.98 Å². The van der Waals surface area contributed by atoms with Gasteiger partial charge >= 0.3 is 12.1 Å². The second-order valence-corrected chi connectivity index (χ2v) is 9.50. The lowest BCUT2D eigenvalue weighted by Crippen LogP contribution is -2.46. The number of hydrogen-bond donors (Lipinski definition) is 1.